The molecule has 0 saturated carbocycles. The molecule has 0 atom stereocenters. The molecule has 5 nitrogen and oxygen atoms in total. The van der Waals surface area contributed by atoms with Crippen molar-refractivity contribution in [2.45, 2.75) is 45.4 Å². The van der Waals surface area contributed by atoms with Crippen molar-refractivity contribution >= 4 is 32.9 Å². The second kappa shape index (κ2) is 8.05. The van der Waals surface area contributed by atoms with Crippen molar-refractivity contribution in [1.82, 2.24) is 20.2 Å². The lowest BCUT2D eigenvalue weighted by atomic mass is 10.1. The first-order valence-electron chi connectivity index (χ1n) is 8.91. The number of aryl methyl sites for hydroxylation is 1. The molecule has 4 rings (SSSR count). The topological polar surface area (TPSA) is 64.7 Å². The number of nitrogens with zero attached hydrogens (tertiary/aromatic N) is 4. The van der Waals surface area contributed by atoms with Gasteiger partial charge in [0.15, 0.2) is 0 Å². The minimum absolute atomic E-state index is 0.594. The van der Waals surface area contributed by atoms with Crippen molar-refractivity contribution in [1.29, 1.82) is 0 Å². The first-order chi connectivity index (χ1) is 12.8. The van der Waals surface area contributed by atoms with E-state index in [9.17, 15) is 0 Å². The highest BCUT2D eigenvalue weighted by atomic mass is 32.1. The molecular weight excluding hydrogens is 364 g/mol. The van der Waals surface area contributed by atoms with E-state index in [4.69, 9.17) is 9.40 Å². The highest BCUT2D eigenvalue weighted by molar-refractivity contribution is 7.18. The second-order valence-electron chi connectivity index (χ2n) is 6.23. The third-order valence-corrected chi connectivity index (χ3v) is 6.05. The molecule has 0 N–H and O–H groups in total. The number of hydrogen-bond donors (Lipinski definition) is 0. The lowest BCUT2D eigenvalue weighted by Gasteiger charge is -1.95. The Bertz CT molecular complexity index is 975. The van der Waals surface area contributed by atoms with Gasteiger partial charge in [0.05, 0.1) is 27.0 Å². The van der Waals surface area contributed by atoms with Crippen LogP contribution in [0, 0.1) is 0 Å². The van der Waals surface area contributed by atoms with Crippen LogP contribution in [0.4, 0.5) is 0 Å². The summed E-state index contributed by atoms with van der Waals surface area (Å²) in [5.41, 5.74) is 4.05. The molecule has 0 amide bonds. The molecule has 0 bridgehead atoms. The van der Waals surface area contributed by atoms with Crippen LogP contribution in [-0.4, -0.2) is 20.2 Å². The van der Waals surface area contributed by atoms with Gasteiger partial charge in [-0.15, -0.1) is 32.9 Å². The van der Waals surface area contributed by atoms with Gasteiger partial charge in [0.25, 0.3) is 0 Å². The summed E-state index contributed by atoms with van der Waals surface area (Å²) in [6.07, 6.45) is 8.18. The van der Waals surface area contributed by atoms with Gasteiger partial charge in [-0.2, -0.15) is 0 Å². The molecule has 0 unspecified atom stereocenters. The van der Waals surface area contributed by atoms with Gasteiger partial charge in [-0.1, -0.05) is 32.3 Å². The van der Waals surface area contributed by atoms with Gasteiger partial charge in [-0.05, 0) is 24.1 Å². The molecule has 0 radical (unpaired) electrons. The first kappa shape index (κ1) is 17.3. The zero-order chi connectivity index (χ0) is 17.8. The van der Waals surface area contributed by atoms with Crippen molar-refractivity contribution in [2.24, 2.45) is 0 Å². The van der Waals surface area contributed by atoms with Crippen molar-refractivity contribution in [3.8, 4) is 10.4 Å². The summed E-state index contributed by atoms with van der Waals surface area (Å²) in [4.78, 5) is 10.0. The van der Waals surface area contributed by atoms with Gasteiger partial charge in [-0.25, -0.2) is 4.98 Å². The molecule has 3 aromatic heterocycles. The number of hydrogen-bond acceptors (Lipinski definition) is 7. The molecule has 0 aliphatic carbocycles. The number of rotatable bonds is 8. The lowest BCUT2D eigenvalue weighted by Crippen LogP contribution is -1.86. The SMILES string of the molecule is CCCCCCc1nnc(Cc2nc3ccc(-c4cncs4)cc3s2)o1. The van der Waals surface area contributed by atoms with E-state index in [-0.39, 0.29) is 0 Å². The fourth-order valence-electron chi connectivity index (χ4n) is 2.85. The van der Waals surface area contributed by atoms with Crippen LogP contribution < -0.4 is 0 Å². The molecule has 0 fully saturated rings. The van der Waals surface area contributed by atoms with Gasteiger partial charge in [0, 0.05) is 12.6 Å². The minimum atomic E-state index is 0.594. The van der Waals surface area contributed by atoms with Crippen LogP contribution in [-0.2, 0) is 12.8 Å². The number of unbranched alkanes of at least 4 members (excludes halogenated alkanes) is 3. The first-order valence-corrected chi connectivity index (χ1v) is 10.6. The van der Waals surface area contributed by atoms with Crippen LogP contribution >= 0.6 is 22.7 Å². The average molecular weight is 385 g/mol. The van der Waals surface area contributed by atoms with Crippen LogP contribution in [0.3, 0.4) is 0 Å². The van der Waals surface area contributed by atoms with Gasteiger partial charge in [0.2, 0.25) is 11.8 Å². The Hall–Kier alpha value is -2.12. The van der Waals surface area contributed by atoms with E-state index in [1.807, 2.05) is 11.7 Å². The highest BCUT2D eigenvalue weighted by Crippen LogP contribution is 2.30. The van der Waals surface area contributed by atoms with E-state index in [0.717, 1.165) is 29.3 Å². The zero-order valence-electron chi connectivity index (χ0n) is 14.6. The smallest absolute Gasteiger partial charge is 0.223 e. The van der Waals surface area contributed by atoms with Gasteiger partial charge in [-0.3, -0.25) is 4.98 Å². The summed E-state index contributed by atoms with van der Waals surface area (Å²) in [5, 5.41) is 9.35. The highest BCUT2D eigenvalue weighted by Gasteiger charge is 2.11. The predicted molar refractivity (Wildman–Crippen MR) is 106 cm³/mol. The monoisotopic (exact) mass is 384 g/mol. The van der Waals surface area contributed by atoms with E-state index in [1.165, 1.54) is 34.4 Å². The number of benzene rings is 1. The maximum atomic E-state index is 5.78. The van der Waals surface area contributed by atoms with E-state index >= 15 is 0 Å². The summed E-state index contributed by atoms with van der Waals surface area (Å²) in [6.45, 7) is 2.21. The molecule has 0 aliphatic rings. The minimum Gasteiger partial charge on any atom is -0.425 e. The van der Waals surface area contributed by atoms with E-state index < -0.39 is 0 Å². The largest absolute Gasteiger partial charge is 0.425 e. The Balaban J connectivity index is 1.45. The van der Waals surface area contributed by atoms with Crippen LogP contribution in [0.15, 0.2) is 34.3 Å². The quantitative estimate of drug-likeness (QED) is 0.374. The van der Waals surface area contributed by atoms with Crippen LogP contribution in [0.2, 0.25) is 0 Å². The molecule has 3 heterocycles. The van der Waals surface area contributed by atoms with Crippen LogP contribution in [0.1, 0.15) is 49.4 Å². The summed E-state index contributed by atoms with van der Waals surface area (Å²) in [6, 6.07) is 6.34. The van der Waals surface area contributed by atoms with E-state index in [1.54, 1.807) is 22.7 Å². The van der Waals surface area contributed by atoms with E-state index in [2.05, 4.69) is 40.3 Å². The van der Waals surface area contributed by atoms with Gasteiger partial charge < -0.3 is 4.42 Å². The van der Waals surface area contributed by atoms with Crippen molar-refractivity contribution < 1.29 is 4.42 Å². The second-order valence-corrected chi connectivity index (χ2v) is 8.23. The number of aromatic nitrogens is 4. The molecule has 7 heteroatoms. The lowest BCUT2D eigenvalue weighted by molar-refractivity contribution is 0.448. The third kappa shape index (κ3) is 3.99. The Morgan fingerprint density at radius 2 is 2.00 bits per heavy atom. The van der Waals surface area contributed by atoms with E-state index in [0.29, 0.717) is 12.3 Å². The van der Waals surface area contributed by atoms with Gasteiger partial charge in [0.1, 0.15) is 5.01 Å². The van der Waals surface area contributed by atoms with Crippen molar-refractivity contribution in [3.05, 3.63) is 46.7 Å². The summed E-state index contributed by atoms with van der Waals surface area (Å²) in [5.74, 6) is 1.39. The fourth-order valence-corrected chi connectivity index (χ4v) is 4.47. The Morgan fingerprint density at radius 1 is 1.08 bits per heavy atom. The summed E-state index contributed by atoms with van der Waals surface area (Å²) in [7, 11) is 0. The molecule has 0 spiro atoms. The molecule has 1 aromatic carbocycles. The molecule has 4 aromatic rings. The predicted octanol–water partition coefficient (Wildman–Crippen LogP) is 5.52. The molecule has 26 heavy (non-hydrogen) atoms. The molecule has 0 aliphatic heterocycles. The molecule has 134 valence electrons. The zero-order valence-corrected chi connectivity index (χ0v) is 16.3. The molecule has 0 saturated heterocycles. The standard InChI is InChI=1S/C19H20N4OS2/c1-2-3-4-5-6-17-22-23-18(24-17)10-19-21-14-8-7-13(9-15(14)26-19)16-11-20-12-25-16/h7-9,11-12H,2-6,10H2,1H3. The van der Waals surface area contributed by atoms with Crippen LogP contribution in [0.5, 0.6) is 0 Å². The Kier molecular flexibility index (Phi) is 5.36. The summed E-state index contributed by atoms with van der Waals surface area (Å²) >= 11 is 3.33. The number of thiazole rings is 2. The maximum Gasteiger partial charge on any atom is 0.223 e. The fraction of sp³-hybridized carbons (Fsp3) is 0.368. The van der Waals surface area contributed by atoms with Crippen molar-refractivity contribution in [3.63, 3.8) is 0 Å². The maximum absolute atomic E-state index is 5.78. The Labute approximate surface area is 160 Å². The normalized spacial score (nSPS) is 11.4. The van der Waals surface area contributed by atoms with Gasteiger partial charge >= 0.3 is 0 Å². The summed E-state index contributed by atoms with van der Waals surface area (Å²) < 4.78 is 6.96. The third-order valence-electron chi connectivity index (χ3n) is 4.20. The van der Waals surface area contributed by atoms with Crippen LogP contribution in [0.25, 0.3) is 20.7 Å². The Morgan fingerprint density at radius 3 is 2.85 bits per heavy atom. The average Bonchev–Trinajstić information content (AvgIpc) is 3.38. The van der Waals surface area contributed by atoms with Crippen molar-refractivity contribution in [2.75, 3.05) is 0 Å². The number of fused-ring (bicyclic) bond motifs is 1. The molecular formula is C19H20N4OS2.